The first kappa shape index (κ1) is 32.7. The predicted octanol–water partition coefficient (Wildman–Crippen LogP) is 2.92. The number of halogens is 1. The van der Waals surface area contributed by atoms with Crippen molar-refractivity contribution in [3.05, 3.63) is 54.1 Å². The highest BCUT2D eigenvalue weighted by atomic mass is 35.5. The first-order valence-corrected chi connectivity index (χ1v) is 15.7. The molecule has 0 aliphatic carbocycles. The molecule has 0 spiro atoms. The van der Waals surface area contributed by atoms with Gasteiger partial charge in [0.15, 0.2) is 11.5 Å². The molecule has 0 fully saturated rings. The van der Waals surface area contributed by atoms with Crippen molar-refractivity contribution >= 4 is 33.4 Å². The Labute approximate surface area is 247 Å². The van der Waals surface area contributed by atoms with Crippen molar-refractivity contribution in [1.29, 1.82) is 0 Å². The predicted molar refractivity (Wildman–Crippen MR) is 156 cm³/mol. The van der Waals surface area contributed by atoms with E-state index >= 15 is 0 Å². The van der Waals surface area contributed by atoms with E-state index in [9.17, 15) is 23.1 Å². The number of amides is 2. The molecule has 0 radical (unpaired) electrons. The van der Waals surface area contributed by atoms with Gasteiger partial charge in [0, 0.05) is 19.2 Å². The topological polar surface area (TPSA) is 134 Å². The summed E-state index contributed by atoms with van der Waals surface area (Å²) in [5.41, 5.74) is 0.843. The summed E-state index contributed by atoms with van der Waals surface area (Å²) < 4.78 is 39.4. The van der Waals surface area contributed by atoms with E-state index in [4.69, 9.17) is 21.1 Å². The maximum absolute atomic E-state index is 13.8. The van der Waals surface area contributed by atoms with Gasteiger partial charge in [-0.3, -0.25) is 9.59 Å². The summed E-state index contributed by atoms with van der Waals surface area (Å²) in [5, 5.41) is 17.1. The van der Waals surface area contributed by atoms with E-state index in [1.165, 1.54) is 16.4 Å². The number of sulfonamides is 1. The number of nitrogens with one attached hydrogen (secondary N) is 2. The van der Waals surface area contributed by atoms with Gasteiger partial charge in [-0.25, -0.2) is 8.42 Å². The fraction of sp³-hybridized carbons (Fsp3) is 0.517. The standard InChI is InChI=1S/C29H40ClN3O7S/c1-5-20(4)28(32-27(35)15-30)29(36)31-23(13-21-9-7-6-8-10-21)24(34)17-33(16-19(2)3)41(37,38)22-11-12-25-26(14-22)40-18-39-25/h6-12,14,19-20,23-24,28,34H,5,13,15-18H2,1-4H3,(H,31,36)(H,32,35)/t20-,23-,24+,28-/m0/s1. The second kappa shape index (κ2) is 14.9. The van der Waals surface area contributed by atoms with E-state index in [1.807, 2.05) is 58.0 Å². The van der Waals surface area contributed by atoms with Gasteiger partial charge in [0.05, 0.1) is 17.0 Å². The monoisotopic (exact) mass is 609 g/mol. The Bertz CT molecular complexity index is 1280. The third-order valence-electron chi connectivity index (χ3n) is 6.97. The molecule has 4 atom stereocenters. The van der Waals surface area contributed by atoms with Crippen LogP contribution in [0.4, 0.5) is 0 Å². The number of carbonyl (C=O) groups excluding carboxylic acids is 2. The molecule has 41 heavy (non-hydrogen) atoms. The summed E-state index contributed by atoms with van der Waals surface area (Å²) in [6.07, 6.45) is -0.421. The summed E-state index contributed by atoms with van der Waals surface area (Å²) in [6, 6.07) is 11.9. The molecule has 1 aliphatic rings. The molecule has 0 saturated carbocycles. The van der Waals surface area contributed by atoms with Gasteiger partial charge in [-0.05, 0) is 36.0 Å². The van der Waals surface area contributed by atoms with Gasteiger partial charge >= 0.3 is 0 Å². The highest BCUT2D eigenvalue weighted by molar-refractivity contribution is 7.89. The summed E-state index contributed by atoms with van der Waals surface area (Å²) in [4.78, 5) is 25.5. The van der Waals surface area contributed by atoms with Crippen LogP contribution < -0.4 is 20.1 Å². The Balaban J connectivity index is 1.90. The third-order valence-corrected chi connectivity index (χ3v) is 9.04. The molecule has 12 heteroatoms. The highest BCUT2D eigenvalue weighted by Gasteiger charge is 2.34. The van der Waals surface area contributed by atoms with Crippen LogP contribution in [0.5, 0.6) is 11.5 Å². The van der Waals surface area contributed by atoms with Gasteiger partial charge < -0.3 is 25.2 Å². The summed E-state index contributed by atoms with van der Waals surface area (Å²) in [5.74, 6) is -0.716. The lowest BCUT2D eigenvalue weighted by atomic mass is 9.96. The molecule has 1 heterocycles. The largest absolute Gasteiger partial charge is 0.454 e. The number of aliphatic hydroxyl groups excluding tert-OH is 1. The minimum Gasteiger partial charge on any atom is -0.454 e. The van der Waals surface area contributed by atoms with Gasteiger partial charge in [-0.2, -0.15) is 4.31 Å². The van der Waals surface area contributed by atoms with Gasteiger partial charge in [-0.1, -0.05) is 64.4 Å². The molecule has 3 N–H and O–H groups in total. The van der Waals surface area contributed by atoms with Crippen LogP contribution in [-0.2, 0) is 26.0 Å². The van der Waals surface area contributed by atoms with Crippen LogP contribution in [0.25, 0.3) is 0 Å². The molecule has 226 valence electrons. The average molecular weight is 610 g/mol. The van der Waals surface area contributed by atoms with Crippen LogP contribution in [0.1, 0.15) is 39.7 Å². The maximum Gasteiger partial charge on any atom is 0.243 e. The van der Waals surface area contributed by atoms with E-state index in [-0.39, 0.29) is 48.9 Å². The highest BCUT2D eigenvalue weighted by Crippen LogP contribution is 2.35. The lowest BCUT2D eigenvalue weighted by Gasteiger charge is -2.32. The van der Waals surface area contributed by atoms with Crippen LogP contribution in [0.15, 0.2) is 53.4 Å². The first-order valence-electron chi connectivity index (χ1n) is 13.7. The number of rotatable bonds is 15. The fourth-order valence-electron chi connectivity index (χ4n) is 4.54. The fourth-order valence-corrected chi connectivity index (χ4v) is 6.25. The van der Waals surface area contributed by atoms with Gasteiger partial charge in [0.2, 0.25) is 28.6 Å². The third kappa shape index (κ3) is 8.81. The van der Waals surface area contributed by atoms with Crippen molar-refractivity contribution in [2.24, 2.45) is 11.8 Å². The van der Waals surface area contributed by atoms with Crippen LogP contribution in [0, 0.1) is 11.8 Å². The van der Waals surface area contributed by atoms with Crippen molar-refractivity contribution in [1.82, 2.24) is 14.9 Å². The van der Waals surface area contributed by atoms with Crippen molar-refractivity contribution < 1.29 is 32.6 Å². The van der Waals surface area contributed by atoms with Crippen molar-refractivity contribution in [3.8, 4) is 11.5 Å². The van der Waals surface area contributed by atoms with Crippen LogP contribution in [0.2, 0.25) is 0 Å². The maximum atomic E-state index is 13.8. The molecule has 0 saturated heterocycles. The molecule has 0 bridgehead atoms. The lowest BCUT2D eigenvalue weighted by molar-refractivity contribution is -0.130. The van der Waals surface area contributed by atoms with E-state index in [0.29, 0.717) is 17.9 Å². The second-order valence-electron chi connectivity index (χ2n) is 10.7. The molecule has 2 aromatic rings. The second-order valence-corrected chi connectivity index (χ2v) is 12.9. The minimum atomic E-state index is -4.05. The SMILES string of the molecule is CC[C@H](C)[C@H](NC(=O)CCl)C(=O)N[C@@H](Cc1ccccc1)[C@H](O)CN(CC(C)C)S(=O)(=O)c1ccc2c(c1)OCO2. The lowest BCUT2D eigenvalue weighted by Crippen LogP contribution is -2.57. The van der Waals surface area contributed by atoms with E-state index in [0.717, 1.165) is 5.56 Å². The first-order chi connectivity index (χ1) is 19.5. The number of hydrogen-bond acceptors (Lipinski definition) is 7. The summed E-state index contributed by atoms with van der Waals surface area (Å²) >= 11 is 5.67. The summed E-state index contributed by atoms with van der Waals surface area (Å²) in [7, 11) is -4.05. The Morgan fingerprint density at radius 3 is 2.34 bits per heavy atom. The van der Waals surface area contributed by atoms with Crippen LogP contribution in [-0.4, -0.2) is 73.6 Å². The van der Waals surface area contributed by atoms with Crippen molar-refractivity contribution in [3.63, 3.8) is 0 Å². The molecular formula is C29H40ClN3O7S. The zero-order chi connectivity index (χ0) is 30.2. The van der Waals surface area contributed by atoms with Gasteiger partial charge in [0.25, 0.3) is 0 Å². The quantitative estimate of drug-likeness (QED) is 0.264. The number of carbonyl (C=O) groups is 2. The van der Waals surface area contributed by atoms with Crippen LogP contribution >= 0.6 is 11.6 Å². The minimum absolute atomic E-state index is 0.0110. The molecular weight excluding hydrogens is 570 g/mol. The number of hydrogen-bond donors (Lipinski definition) is 3. The number of ether oxygens (including phenoxy) is 2. The Morgan fingerprint density at radius 1 is 1.02 bits per heavy atom. The van der Waals surface area contributed by atoms with Gasteiger partial charge in [0.1, 0.15) is 11.9 Å². The Morgan fingerprint density at radius 2 is 1.71 bits per heavy atom. The molecule has 10 nitrogen and oxygen atoms in total. The zero-order valence-corrected chi connectivity index (χ0v) is 25.5. The van der Waals surface area contributed by atoms with E-state index < -0.39 is 40.0 Å². The van der Waals surface area contributed by atoms with Crippen molar-refractivity contribution in [2.75, 3.05) is 25.8 Å². The summed E-state index contributed by atoms with van der Waals surface area (Å²) in [6.45, 7) is 7.39. The molecule has 3 rings (SSSR count). The average Bonchev–Trinajstić information content (AvgIpc) is 3.43. The van der Waals surface area contributed by atoms with E-state index in [2.05, 4.69) is 10.6 Å². The Kier molecular flexibility index (Phi) is 11.8. The van der Waals surface area contributed by atoms with Crippen LogP contribution in [0.3, 0.4) is 0 Å². The number of fused-ring (bicyclic) bond motifs is 1. The number of alkyl halides is 1. The number of aliphatic hydroxyl groups is 1. The molecule has 0 unspecified atom stereocenters. The number of nitrogens with zero attached hydrogens (tertiary/aromatic N) is 1. The molecule has 0 aromatic heterocycles. The van der Waals surface area contributed by atoms with Gasteiger partial charge in [-0.15, -0.1) is 11.6 Å². The molecule has 2 aromatic carbocycles. The Hall–Kier alpha value is -2.86. The van der Waals surface area contributed by atoms with Crippen molar-refractivity contribution in [2.45, 2.75) is 63.6 Å². The zero-order valence-electron chi connectivity index (χ0n) is 23.9. The smallest absolute Gasteiger partial charge is 0.243 e. The van der Waals surface area contributed by atoms with E-state index in [1.54, 1.807) is 6.07 Å². The number of benzene rings is 2. The molecule has 1 aliphatic heterocycles. The molecule has 2 amide bonds. The normalized spacial score (nSPS) is 15.8.